The van der Waals surface area contributed by atoms with Gasteiger partial charge in [-0.1, -0.05) is 11.8 Å². The van der Waals surface area contributed by atoms with Crippen LogP contribution in [0.25, 0.3) is 0 Å². The summed E-state index contributed by atoms with van der Waals surface area (Å²) in [6.07, 6.45) is 4.93. The van der Waals surface area contributed by atoms with Gasteiger partial charge in [-0.05, 0) is 0 Å². The van der Waals surface area contributed by atoms with Gasteiger partial charge in [-0.3, -0.25) is 18.8 Å². The van der Waals surface area contributed by atoms with Crippen LogP contribution < -0.4 is 5.56 Å². The fourth-order valence-corrected chi connectivity index (χ4v) is 3.18. The van der Waals surface area contributed by atoms with E-state index in [1.54, 1.807) is 22.5 Å². The first kappa shape index (κ1) is 13.9. The molecule has 2 aromatic heterocycles. The van der Waals surface area contributed by atoms with Crippen LogP contribution in [0, 0.1) is 0 Å². The van der Waals surface area contributed by atoms with Crippen LogP contribution in [0.1, 0.15) is 15.9 Å². The number of rotatable bonds is 3. The zero-order chi connectivity index (χ0) is 15.0. The maximum absolute atomic E-state index is 12.4. The monoisotopic (exact) mass is 305 g/mol. The predicted molar refractivity (Wildman–Crippen MR) is 78.2 cm³/mol. The molecule has 0 saturated heterocycles. The van der Waals surface area contributed by atoms with E-state index in [9.17, 15) is 9.59 Å². The second-order valence-corrected chi connectivity index (χ2v) is 6.01. The summed E-state index contributed by atoms with van der Waals surface area (Å²) in [6, 6.07) is 0. The molecule has 0 unspecified atom stereocenters. The molecule has 3 heterocycles. The number of aromatic nitrogens is 4. The van der Waals surface area contributed by atoms with Crippen LogP contribution in [0.15, 0.2) is 28.5 Å². The van der Waals surface area contributed by atoms with E-state index < -0.39 is 0 Å². The SMILES string of the molecule is CN(Cc1cnn(C)c1)C(=O)c1cnc2n(c1=O)CCS2. The Hall–Kier alpha value is -2.09. The van der Waals surface area contributed by atoms with Crippen molar-refractivity contribution in [3.05, 3.63) is 40.1 Å². The van der Waals surface area contributed by atoms with E-state index >= 15 is 0 Å². The van der Waals surface area contributed by atoms with E-state index in [0.29, 0.717) is 18.2 Å². The summed E-state index contributed by atoms with van der Waals surface area (Å²) in [5.74, 6) is 0.509. The highest BCUT2D eigenvalue weighted by atomic mass is 32.2. The van der Waals surface area contributed by atoms with Crippen molar-refractivity contribution in [2.24, 2.45) is 7.05 Å². The van der Waals surface area contributed by atoms with Gasteiger partial charge in [0.05, 0.1) is 6.20 Å². The lowest BCUT2D eigenvalue weighted by Gasteiger charge is -2.16. The van der Waals surface area contributed by atoms with Crippen molar-refractivity contribution in [3.63, 3.8) is 0 Å². The standard InChI is InChI=1S/C13H15N5O2S/c1-16(7-9-5-15-17(2)8-9)11(19)10-6-14-13-18(12(10)20)3-4-21-13/h5-6,8H,3-4,7H2,1-2H3. The van der Waals surface area contributed by atoms with Crippen LogP contribution in [-0.4, -0.2) is 42.9 Å². The summed E-state index contributed by atoms with van der Waals surface area (Å²) in [6.45, 7) is 1.02. The highest BCUT2D eigenvalue weighted by Gasteiger charge is 2.22. The summed E-state index contributed by atoms with van der Waals surface area (Å²) in [5, 5.41) is 4.75. The molecule has 0 saturated carbocycles. The van der Waals surface area contributed by atoms with Gasteiger partial charge in [0.15, 0.2) is 5.16 Å². The fraction of sp³-hybridized carbons (Fsp3) is 0.385. The summed E-state index contributed by atoms with van der Waals surface area (Å²) in [4.78, 5) is 30.4. The summed E-state index contributed by atoms with van der Waals surface area (Å²) in [7, 11) is 3.49. The molecule has 2 aromatic rings. The first-order valence-electron chi connectivity index (χ1n) is 6.52. The minimum absolute atomic E-state index is 0.118. The zero-order valence-electron chi connectivity index (χ0n) is 11.8. The fourth-order valence-electron chi connectivity index (χ4n) is 2.27. The van der Waals surface area contributed by atoms with Crippen LogP contribution in [0.2, 0.25) is 0 Å². The number of carbonyl (C=O) groups excluding carboxylic acids is 1. The van der Waals surface area contributed by atoms with E-state index in [-0.39, 0.29) is 17.0 Å². The molecule has 0 bridgehead atoms. The van der Waals surface area contributed by atoms with Crippen molar-refractivity contribution in [1.82, 2.24) is 24.2 Å². The molecule has 8 heteroatoms. The molecule has 1 aliphatic rings. The van der Waals surface area contributed by atoms with Crippen molar-refractivity contribution < 1.29 is 4.79 Å². The van der Waals surface area contributed by atoms with Crippen molar-refractivity contribution >= 4 is 17.7 Å². The topological polar surface area (TPSA) is 73.0 Å². The Morgan fingerprint density at radius 3 is 3.00 bits per heavy atom. The van der Waals surface area contributed by atoms with Gasteiger partial charge in [-0.2, -0.15) is 5.10 Å². The van der Waals surface area contributed by atoms with Gasteiger partial charge in [0, 0.05) is 50.9 Å². The molecule has 0 fully saturated rings. The number of nitrogens with zero attached hydrogens (tertiary/aromatic N) is 5. The summed E-state index contributed by atoms with van der Waals surface area (Å²) in [5.41, 5.74) is 0.777. The Bertz CT molecular complexity index is 751. The third-order valence-corrected chi connectivity index (χ3v) is 4.28. The van der Waals surface area contributed by atoms with E-state index in [0.717, 1.165) is 11.3 Å². The molecule has 0 N–H and O–H groups in total. The highest BCUT2D eigenvalue weighted by Crippen LogP contribution is 2.20. The Labute approximate surface area is 125 Å². The van der Waals surface area contributed by atoms with Gasteiger partial charge in [0.2, 0.25) is 0 Å². The number of hydrogen-bond donors (Lipinski definition) is 0. The van der Waals surface area contributed by atoms with Crippen LogP contribution in [0.3, 0.4) is 0 Å². The second-order valence-electron chi connectivity index (χ2n) is 4.94. The molecule has 0 radical (unpaired) electrons. The highest BCUT2D eigenvalue weighted by molar-refractivity contribution is 7.99. The van der Waals surface area contributed by atoms with Crippen LogP contribution in [0.4, 0.5) is 0 Å². The molecule has 1 aliphatic heterocycles. The summed E-state index contributed by atoms with van der Waals surface area (Å²) >= 11 is 1.53. The number of hydrogen-bond acceptors (Lipinski definition) is 5. The van der Waals surface area contributed by atoms with Gasteiger partial charge in [0.25, 0.3) is 11.5 Å². The number of thioether (sulfide) groups is 1. The molecule has 21 heavy (non-hydrogen) atoms. The third kappa shape index (κ3) is 2.58. The van der Waals surface area contributed by atoms with Crippen molar-refractivity contribution in [1.29, 1.82) is 0 Å². The smallest absolute Gasteiger partial charge is 0.267 e. The Morgan fingerprint density at radius 1 is 1.48 bits per heavy atom. The molecule has 1 amide bonds. The average Bonchev–Trinajstić information content (AvgIpc) is 3.08. The maximum atomic E-state index is 12.4. The van der Waals surface area contributed by atoms with Gasteiger partial charge in [-0.15, -0.1) is 0 Å². The Kier molecular flexibility index (Phi) is 3.54. The maximum Gasteiger partial charge on any atom is 0.267 e. The van der Waals surface area contributed by atoms with E-state index in [1.807, 2.05) is 13.2 Å². The van der Waals surface area contributed by atoms with Crippen molar-refractivity contribution in [3.8, 4) is 0 Å². The Morgan fingerprint density at radius 2 is 2.29 bits per heavy atom. The van der Waals surface area contributed by atoms with Gasteiger partial charge < -0.3 is 4.90 Å². The second kappa shape index (κ2) is 5.36. The molecular formula is C13H15N5O2S. The van der Waals surface area contributed by atoms with Crippen LogP contribution >= 0.6 is 11.8 Å². The molecule has 110 valence electrons. The molecule has 0 aliphatic carbocycles. The van der Waals surface area contributed by atoms with Crippen molar-refractivity contribution in [2.45, 2.75) is 18.2 Å². The minimum atomic E-state index is -0.316. The lowest BCUT2D eigenvalue weighted by atomic mass is 10.2. The first-order valence-corrected chi connectivity index (χ1v) is 7.50. The molecule has 0 aromatic carbocycles. The van der Waals surface area contributed by atoms with E-state index in [4.69, 9.17) is 0 Å². The molecule has 0 spiro atoms. The number of fused-ring (bicyclic) bond motifs is 1. The number of aryl methyl sites for hydroxylation is 1. The van der Waals surface area contributed by atoms with Gasteiger partial charge in [-0.25, -0.2) is 4.98 Å². The predicted octanol–water partition coefficient (Wildman–Crippen LogP) is 0.355. The zero-order valence-corrected chi connectivity index (χ0v) is 12.6. The van der Waals surface area contributed by atoms with E-state index in [1.165, 1.54) is 22.9 Å². The number of amides is 1. The molecular weight excluding hydrogens is 290 g/mol. The van der Waals surface area contributed by atoms with Gasteiger partial charge >= 0.3 is 0 Å². The molecule has 0 atom stereocenters. The molecule has 3 rings (SSSR count). The largest absolute Gasteiger partial charge is 0.337 e. The minimum Gasteiger partial charge on any atom is -0.337 e. The summed E-state index contributed by atoms with van der Waals surface area (Å²) < 4.78 is 3.24. The van der Waals surface area contributed by atoms with Crippen LogP contribution in [-0.2, 0) is 20.1 Å². The third-order valence-electron chi connectivity index (χ3n) is 3.31. The molecule has 7 nitrogen and oxygen atoms in total. The van der Waals surface area contributed by atoms with Crippen molar-refractivity contribution in [2.75, 3.05) is 12.8 Å². The average molecular weight is 305 g/mol. The normalized spacial score (nSPS) is 13.2. The lowest BCUT2D eigenvalue weighted by Crippen LogP contribution is -2.34. The quantitative estimate of drug-likeness (QED) is 0.765. The lowest BCUT2D eigenvalue weighted by molar-refractivity contribution is 0.0781. The van der Waals surface area contributed by atoms with E-state index in [2.05, 4.69) is 10.1 Å². The number of carbonyl (C=O) groups is 1. The van der Waals surface area contributed by atoms with Gasteiger partial charge in [0.1, 0.15) is 5.56 Å². The van der Waals surface area contributed by atoms with Crippen LogP contribution in [0.5, 0.6) is 0 Å². The first-order chi connectivity index (χ1) is 10.1. The Balaban J connectivity index is 1.83.